The van der Waals surface area contributed by atoms with E-state index in [1.54, 1.807) is 0 Å². The van der Waals surface area contributed by atoms with Crippen LogP contribution in [0.2, 0.25) is 0 Å². The van der Waals surface area contributed by atoms with Gasteiger partial charge in [-0.15, -0.1) is 0 Å². The van der Waals surface area contributed by atoms with Crippen LogP contribution in [-0.2, 0) is 4.79 Å². The molecule has 0 aliphatic heterocycles. The van der Waals surface area contributed by atoms with Crippen molar-refractivity contribution in [1.29, 1.82) is 0 Å². The molecule has 0 aromatic carbocycles. The molecule has 0 bridgehead atoms. The molecule has 1 saturated carbocycles. The largest absolute Gasteiger partial charge is 0.330 e. The second-order valence-corrected chi connectivity index (χ2v) is 5.07. The van der Waals surface area contributed by atoms with E-state index < -0.39 is 0 Å². The quantitative estimate of drug-likeness (QED) is 0.760. The molecule has 0 aromatic rings. The smallest absolute Gasteiger partial charge is 0.136 e. The Morgan fingerprint density at radius 3 is 2.67 bits per heavy atom. The summed E-state index contributed by atoms with van der Waals surface area (Å²) in [5, 5.41) is 0. The van der Waals surface area contributed by atoms with E-state index in [0.717, 1.165) is 12.8 Å². The van der Waals surface area contributed by atoms with Crippen molar-refractivity contribution < 1.29 is 4.79 Å². The number of hydrogen-bond donors (Lipinski definition) is 1. The standard InChI is InChI=1S/C13H25NO/c1-3-11-6-4-5-7-12(11)13(15)8-10(2)9-14/h10-12H,3-9,14H2,1-2H3. The van der Waals surface area contributed by atoms with Gasteiger partial charge < -0.3 is 5.73 Å². The zero-order valence-corrected chi connectivity index (χ0v) is 10.2. The van der Waals surface area contributed by atoms with Crippen molar-refractivity contribution in [2.75, 3.05) is 6.54 Å². The summed E-state index contributed by atoms with van der Waals surface area (Å²) in [5.74, 6) is 1.82. The fourth-order valence-corrected chi connectivity index (χ4v) is 2.70. The lowest BCUT2D eigenvalue weighted by molar-refractivity contribution is -0.126. The number of carbonyl (C=O) groups is 1. The molecule has 0 radical (unpaired) electrons. The summed E-state index contributed by atoms with van der Waals surface area (Å²) < 4.78 is 0. The molecule has 2 N–H and O–H groups in total. The predicted molar refractivity (Wildman–Crippen MR) is 63.6 cm³/mol. The van der Waals surface area contributed by atoms with Crippen LogP contribution in [-0.4, -0.2) is 12.3 Å². The highest BCUT2D eigenvalue weighted by molar-refractivity contribution is 5.81. The molecule has 0 heterocycles. The van der Waals surface area contributed by atoms with Gasteiger partial charge in [0.05, 0.1) is 0 Å². The second kappa shape index (κ2) is 6.26. The highest BCUT2D eigenvalue weighted by Gasteiger charge is 2.29. The maximum atomic E-state index is 12.1. The van der Waals surface area contributed by atoms with Crippen LogP contribution in [0, 0.1) is 17.8 Å². The van der Waals surface area contributed by atoms with E-state index in [0.29, 0.717) is 36.5 Å². The topological polar surface area (TPSA) is 43.1 Å². The average Bonchev–Trinajstić information content (AvgIpc) is 2.28. The SMILES string of the molecule is CCC1CCCCC1C(=O)CC(C)CN. The van der Waals surface area contributed by atoms with Gasteiger partial charge in [-0.1, -0.05) is 33.1 Å². The van der Waals surface area contributed by atoms with E-state index in [1.165, 1.54) is 19.3 Å². The Labute approximate surface area is 93.6 Å². The molecule has 0 spiro atoms. The average molecular weight is 211 g/mol. The third-order valence-electron chi connectivity index (χ3n) is 3.80. The zero-order chi connectivity index (χ0) is 11.3. The molecule has 0 saturated heterocycles. The van der Waals surface area contributed by atoms with Gasteiger partial charge in [0, 0.05) is 12.3 Å². The van der Waals surface area contributed by atoms with E-state index in [9.17, 15) is 4.79 Å². The minimum atomic E-state index is 0.345. The van der Waals surface area contributed by atoms with Crippen LogP contribution in [0.3, 0.4) is 0 Å². The van der Waals surface area contributed by atoms with Gasteiger partial charge in [-0.3, -0.25) is 4.79 Å². The molecule has 3 unspecified atom stereocenters. The molecule has 1 aliphatic carbocycles. The Morgan fingerprint density at radius 2 is 2.07 bits per heavy atom. The first-order valence-corrected chi connectivity index (χ1v) is 6.41. The molecular formula is C13H25NO. The molecule has 15 heavy (non-hydrogen) atoms. The van der Waals surface area contributed by atoms with Crippen molar-refractivity contribution >= 4 is 5.78 Å². The Balaban J connectivity index is 2.48. The number of carbonyl (C=O) groups excluding carboxylic acids is 1. The van der Waals surface area contributed by atoms with E-state index in [-0.39, 0.29) is 0 Å². The summed E-state index contributed by atoms with van der Waals surface area (Å²) in [6, 6.07) is 0. The van der Waals surface area contributed by atoms with Crippen LogP contribution in [0.5, 0.6) is 0 Å². The Kier molecular flexibility index (Phi) is 5.30. The number of Topliss-reactive ketones (excluding diaryl/α,β-unsaturated/α-hetero) is 1. The Morgan fingerprint density at radius 1 is 1.40 bits per heavy atom. The summed E-state index contributed by atoms with van der Waals surface area (Å²) in [6.45, 7) is 4.92. The lowest BCUT2D eigenvalue weighted by Crippen LogP contribution is -2.29. The first-order chi connectivity index (χ1) is 7.19. The summed E-state index contributed by atoms with van der Waals surface area (Å²) in [4.78, 5) is 12.1. The predicted octanol–water partition coefficient (Wildman–Crippen LogP) is 2.76. The molecule has 2 nitrogen and oxygen atoms in total. The van der Waals surface area contributed by atoms with Gasteiger partial charge in [0.1, 0.15) is 5.78 Å². The monoisotopic (exact) mass is 211 g/mol. The molecule has 0 aromatic heterocycles. The molecule has 1 aliphatic rings. The van der Waals surface area contributed by atoms with Crippen molar-refractivity contribution in [2.45, 2.75) is 52.4 Å². The highest BCUT2D eigenvalue weighted by atomic mass is 16.1. The number of ketones is 1. The molecule has 0 amide bonds. The molecule has 88 valence electrons. The Hall–Kier alpha value is -0.370. The number of nitrogens with two attached hydrogens (primary N) is 1. The first kappa shape index (κ1) is 12.7. The Bertz CT molecular complexity index is 203. The maximum absolute atomic E-state index is 12.1. The van der Waals surface area contributed by atoms with E-state index in [2.05, 4.69) is 13.8 Å². The molecular weight excluding hydrogens is 186 g/mol. The van der Waals surface area contributed by atoms with E-state index in [4.69, 9.17) is 5.73 Å². The minimum absolute atomic E-state index is 0.345. The van der Waals surface area contributed by atoms with Crippen LogP contribution in [0.25, 0.3) is 0 Å². The normalized spacial score (nSPS) is 28.7. The summed E-state index contributed by atoms with van der Waals surface area (Å²) in [7, 11) is 0. The first-order valence-electron chi connectivity index (χ1n) is 6.41. The van der Waals surface area contributed by atoms with Crippen molar-refractivity contribution in [3.63, 3.8) is 0 Å². The van der Waals surface area contributed by atoms with Crippen LogP contribution >= 0.6 is 0 Å². The van der Waals surface area contributed by atoms with Crippen LogP contribution in [0.15, 0.2) is 0 Å². The molecule has 1 rings (SSSR count). The zero-order valence-electron chi connectivity index (χ0n) is 10.2. The van der Waals surface area contributed by atoms with Gasteiger partial charge in [-0.05, 0) is 31.2 Å². The second-order valence-electron chi connectivity index (χ2n) is 5.07. The van der Waals surface area contributed by atoms with Gasteiger partial charge in [0.15, 0.2) is 0 Å². The lowest BCUT2D eigenvalue weighted by Gasteiger charge is -2.30. The van der Waals surface area contributed by atoms with E-state index in [1.807, 2.05) is 0 Å². The molecule has 1 fully saturated rings. The van der Waals surface area contributed by atoms with Gasteiger partial charge in [0.25, 0.3) is 0 Å². The summed E-state index contributed by atoms with van der Waals surface area (Å²) >= 11 is 0. The van der Waals surface area contributed by atoms with Gasteiger partial charge in [0.2, 0.25) is 0 Å². The third-order valence-corrected chi connectivity index (χ3v) is 3.80. The van der Waals surface area contributed by atoms with Crippen molar-refractivity contribution in [1.82, 2.24) is 0 Å². The molecule has 3 atom stereocenters. The summed E-state index contributed by atoms with van der Waals surface area (Å²) in [6.07, 6.45) is 6.78. The van der Waals surface area contributed by atoms with Crippen molar-refractivity contribution in [2.24, 2.45) is 23.5 Å². The van der Waals surface area contributed by atoms with Gasteiger partial charge in [-0.2, -0.15) is 0 Å². The van der Waals surface area contributed by atoms with Crippen molar-refractivity contribution in [3.8, 4) is 0 Å². The van der Waals surface area contributed by atoms with E-state index >= 15 is 0 Å². The number of hydrogen-bond acceptors (Lipinski definition) is 2. The van der Waals surface area contributed by atoms with Crippen LogP contribution < -0.4 is 5.73 Å². The fourth-order valence-electron chi connectivity index (χ4n) is 2.70. The maximum Gasteiger partial charge on any atom is 0.136 e. The highest BCUT2D eigenvalue weighted by Crippen LogP contribution is 2.33. The summed E-state index contributed by atoms with van der Waals surface area (Å²) in [5.41, 5.74) is 5.56. The molecule has 2 heteroatoms. The lowest BCUT2D eigenvalue weighted by atomic mass is 9.74. The van der Waals surface area contributed by atoms with Gasteiger partial charge in [-0.25, -0.2) is 0 Å². The number of rotatable bonds is 5. The van der Waals surface area contributed by atoms with Gasteiger partial charge >= 0.3 is 0 Å². The fraction of sp³-hybridized carbons (Fsp3) is 0.923. The van der Waals surface area contributed by atoms with Crippen LogP contribution in [0.1, 0.15) is 52.4 Å². The third kappa shape index (κ3) is 3.60. The van der Waals surface area contributed by atoms with Crippen LogP contribution in [0.4, 0.5) is 0 Å². The van der Waals surface area contributed by atoms with Crippen molar-refractivity contribution in [3.05, 3.63) is 0 Å². The minimum Gasteiger partial charge on any atom is -0.330 e.